The van der Waals surface area contributed by atoms with Crippen molar-refractivity contribution in [2.75, 3.05) is 0 Å². The van der Waals surface area contributed by atoms with E-state index in [0.29, 0.717) is 0 Å². The Morgan fingerprint density at radius 1 is 1.11 bits per heavy atom. The summed E-state index contributed by atoms with van der Waals surface area (Å²) in [6.45, 7) is 2.12. The summed E-state index contributed by atoms with van der Waals surface area (Å²) in [4.78, 5) is 11.0. The van der Waals surface area contributed by atoms with Crippen LogP contribution in [-0.4, -0.2) is 16.2 Å². The SMILES string of the molecule is CCCc1cccc(-c2ccc(O)c(C(=O)O)c2)c1. The fraction of sp³-hybridized carbons (Fsp3) is 0.188. The van der Waals surface area contributed by atoms with Gasteiger partial charge in [0.05, 0.1) is 0 Å². The zero-order chi connectivity index (χ0) is 13.8. The molecule has 0 aliphatic carbocycles. The molecule has 3 heteroatoms. The predicted octanol–water partition coefficient (Wildman–Crippen LogP) is 3.71. The van der Waals surface area contributed by atoms with Crippen LogP contribution in [0, 0.1) is 0 Å². The van der Waals surface area contributed by atoms with Crippen molar-refractivity contribution in [3.8, 4) is 16.9 Å². The van der Waals surface area contributed by atoms with Crippen LogP contribution >= 0.6 is 0 Å². The summed E-state index contributed by atoms with van der Waals surface area (Å²) < 4.78 is 0. The van der Waals surface area contributed by atoms with E-state index in [9.17, 15) is 9.90 Å². The number of rotatable bonds is 4. The van der Waals surface area contributed by atoms with Crippen molar-refractivity contribution in [2.45, 2.75) is 19.8 Å². The quantitative estimate of drug-likeness (QED) is 0.876. The molecule has 2 N–H and O–H groups in total. The molecule has 0 saturated heterocycles. The maximum atomic E-state index is 11.0. The van der Waals surface area contributed by atoms with Crippen LogP contribution in [0.15, 0.2) is 42.5 Å². The summed E-state index contributed by atoms with van der Waals surface area (Å²) in [5.74, 6) is -1.33. The van der Waals surface area contributed by atoms with E-state index >= 15 is 0 Å². The summed E-state index contributed by atoms with van der Waals surface area (Å²) in [6.07, 6.45) is 2.07. The Kier molecular flexibility index (Phi) is 3.85. The van der Waals surface area contributed by atoms with Gasteiger partial charge in [-0.1, -0.05) is 43.7 Å². The Morgan fingerprint density at radius 2 is 1.84 bits per heavy atom. The Labute approximate surface area is 112 Å². The summed E-state index contributed by atoms with van der Waals surface area (Å²) in [5, 5.41) is 18.5. The zero-order valence-corrected chi connectivity index (χ0v) is 10.8. The van der Waals surface area contributed by atoms with Crippen molar-refractivity contribution in [1.29, 1.82) is 0 Å². The van der Waals surface area contributed by atoms with Crippen LogP contribution in [0.5, 0.6) is 5.75 Å². The molecule has 0 bridgehead atoms. The van der Waals surface area contributed by atoms with Crippen molar-refractivity contribution in [3.05, 3.63) is 53.6 Å². The third-order valence-corrected chi connectivity index (χ3v) is 3.03. The molecular weight excluding hydrogens is 240 g/mol. The molecule has 0 aliphatic heterocycles. The summed E-state index contributed by atoms with van der Waals surface area (Å²) in [6, 6.07) is 12.7. The van der Waals surface area contributed by atoms with Gasteiger partial charge in [-0.05, 0) is 35.2 Å². The fourth-order valence-corrected chi connectivity index (χ4v) is 2.08. The van der Waals surface area contributed by atoms with Crippen molar-refractivity contribution in [1.82, 2.24) is 0 Å². The number of benzene rings is 2. The lowest BCUT2D eigenvalue weighted by molar-refractivity contribution is 0.0694. The van der Waals surface area contributed by atoms with Gasteiger partial charge >= 0.3 is 5.97 Å². The van der Waals surface area contributed by atoms with Crippen LogP contribution in [0.4, 0.5) is 0 Å². The van der Waals surface area contributed by atoms with E-state index in [0.717, 1.165) is 24.0 Å². The molecular formula is C16H16O3. The van der Waals surface area contributed by atoms with Gasteiger partial charge in [0.1, 0.15) is 11.3 Å². The minimum atomic E-state index is -1.12. The maximum Gasteiger partial charge on any atom is 0.339 e. The molecule has 0 fully saturated rings. The predicted molar refractivity (Wildman–Crippen MR) is 74.5 cm³/mol. The number of aromatic hydroxyl groups is 1. The second-order valence-corrected chi connectivity index (χ2v) is 4.49. The summed E-state index contributed by atoms with van der Waals surface area (Å²) in [5.41, 5.74) is 2.92. The largest absolute Gasteiger partial charge is 0.507 e. The third-order valence-electron chi connectivity index (χ3n) is 3.03. The van der Waals surface area contributed by atoms with Crippen LogP contribution in [0.3, 0.4) is 0 Å². The van der Waals surface area contributed by atoms with E-state index in [1.54, 1.807) is 6.07 Å². The molecule has 0 amide bonds. The Morgan fingerprint density at radius 3 is 2.53 bits per heavy atom. The number of carboxylic acids is 1. The lowest BCUT2D eigenvalue weighted by atomic mass is 9.99. The first-order valence-electron chi connectivity index (χ1n) is 6.27. The molecule has 0 saturated carbocycles. The summed E-state index contributed by atoms with van der Waals surface area (Å²) in [7, 11) is 0. The molecule has 0 heterocycles. The normalized spacial score (nSPS) is 10.4. The van der Waals surface area contributed by atoms with E-state index < -0.39 is 5.97 Å². The van der Waals surface area contributed by atoms with E-state index in [-0.39, 0.29) is 11.3 Å². The molecule has 98 valence electrons. The van der Waals surface area contributed by atoms with Crippen molar-refractivity contribution in [2.24, 2.45) is 0 Å². The highest BCUT2D eigenvalue weighted by Gasteiger charge is 2.11. The maximum absolute atomic E-state index is 11.0. The smallest absolute Gasteiger partial charge is 0.339 e. The van der Waals surface area contributed by atoms with E-state index in [1.165, 1.54) is 17.7 Å². The second kappa shape index (κ2) is 5.57. The zero-order valence-electron chi connectivity index (χ0n) is 10.8. The van der Waals surface area contributed by atoms with Gasteiger partial charge in [0, 0.05) is 0 Å². The lowest BCUT2D eigenvalue weighted by Gasteiger charge is -2.07. The molecule has 19 heavy (non-hydrogen) atoms. The first kappa shape index (κ1) is 13.1. The number of hydrogen-bond acceptors (Lipinski definition) is 2. The molecule has 2 aromatic carbocycles. The number of hydrogen-bond donors (Lipinski definition) is 2. The van der Waals surface area contributed by atoms with Gasteiger partial charge < -0.3 is 10.2 Å². The molecule has 0 unspecified atom stereocenters. The van der Waals surface area contributed by atoms with Crippen LogP contribution in [0.2, 0.25) is 0 Å². The van der Waals surface area contributed by atoms with Gasteiger partial charge in [0.15, 0.2) is 0 Å². The highest BCUT2D eigenvalue weighted by Crippen LogP contribution is 2.26. The average molecular weight is 256 g/mol. The standard InChI is InChI=1S/C16H16O3/c1-2-4-11-5-3-6-12(9-11)13-7-8-15(17)14(10-13)16(18)19/h3,5-10,17H,2,4H2,1H3,(H,18,19). The van der Waals surface area contributed by atoms with Crippen LogP contribution in [0.1, 0.15) is 29.3 Å². The van der Waals surface area contributed by atoms with Gasteiger partial charge in [0.25, 0.3) is 0 Å². The highest BCUT2D eigenvalue weighted by molar-refractivity contribution is 5.92. The average Bonchev–Trinajstić information content (AvgIpc) is 2.39. The molecule has 3 nitrogen and oxygen atoms in total. The van der Waals surface area contributed by atoms with Gasteiger partial charge in [0.2, 0.25) is 0 Å². The van der Waals surface area contributed by atoms with Crippen LogP contribution < -0.4 is 0 Å². The molecule has 0 atom stereocenters. The third kappa shape index (κ3) is 2.94. The Bertz CT molecular complexity index is 603. The molecule has 0 aromatic heterocycles. The molecule has 0 spiro atoms. The number of aryl methyl sites for hydroxylation is 1. The van der Waals surface area contributed by atoms with Crippen LogP contribution in [0.25, 0.3) is 11.1 Å². The van der Waals surface area contributed by atoms with Gasteiger partial charge in [-0.3, -0.25) is 0 Å². The van der Waals surface area contributed by atoms with E-state index in [2.05, 4.69) is 19.1 Å². The van der Waals surface area contributed by atoms with Crippen LogP contribution in [-0.2, 0) is 6.42 Å². The van der Waals surface area contributed by atoms with Gasteiger partial charge in [-0.15, -0.1) is 0 Å². The van der Waals surface area contributed by atoms with Crippen molar-refractivity contribution >= 4 is 5.97 Å². The minimum absolute atomic E-state index is 0.0709. The Hall–Kier alpha value is -2.29. The number of aromatic carboxylic acids is 1. The fourth-order valence-electron chi connectivity index (χ4n) is 2.08. The Balaban J connectivity index is 2.44. The molecule has 2 rings (SSSR count). The van der Waals surface area contributed by atoms with Gasteiger partial charge in [-0.25, -0.2) is 4.79 Å². The summed E-state index contributed by atoms with van der Waals surface area (Å²) >= 11 is 0. The molecule has 0 aliphatic rings. The number of carboxylic acid groups (broad SMARTS) is 1. The van der Waals surface area contributed by atoms with Crippen molar-refractivity contribution in [3.63, 3.8) is 0 Å². The number of phenols is 1. The highest BCUT2D eigenvalue weighted by atomic mass is 16.4. The number of carbonyl (C=O) groups is 1. The lowest BCUT2D eigenvalue weighted by Crippen LogP contribution is -1.97. The van der Waals surface area contributed by atoms with Gasteiger partial charge in [-0.2, -0.15) is 0 Å². The molecule has 2 aromatic rings. The van der Waals surface area contributed by atoms with Crippen molar-refractivity contribution < 1.29 is 15.0 Å². The first-order chi connectivity index (χ1) is 9.11. The topological polar surface area (TPSA) is 57.5 Å². The molecule has 0 radical (unpaired) electrons. The second-order valence-electron chi connectivity index (χ2n) is 4.49. The van der Waals surface area contributed by atoms with E-state index in [4.69, 9.17) is 5.11 Å². The van der Waals surface area contributed by atoms with E-state index in [1.807, 2.05) is 12.1 Å². The monoisotopic (exact) mass is 256 g/mol. The minimum Gasteiger partial charge on any atom is -0.507 e. The first-order valence-corrected chi connectivity index (χ1v) is 6.27.